The van der Waals surface area contributed by atoms with Crippen LogP contribution in [0.5, 0.6) is 0 Å². The zero-order valence-corrected chi connectivity index (χ0v) is 11.6. The van der Waals surface area contributed by atoms with Gasteiger partial charge in [-0.1, -0.05) is 11.6 Å². The number of amides is 1. The Hall–Kier alpha value is -1.62. The number of carboxylic acid groups (broad SMARTS) is 1. The Balaban J connectivity index is 2.31. The van der Waals surface area contributed by atoms with E-state index >= 15 is 0 Å². The second-order valence-electron chi connectivity index (χ2n) is 5.08. The molecule has 0 radical (unpaired) electrons. The summed E-state index contributed by atoms with van der Waals surface area (Å²) in [5, 5.41) is 9.26. The molecule has 0 aromatic heterocycles. The van der Waals surface area contributed by atoms with Gasteiger partial charge in [0.25, 0.3) is 0 Å². The third-order valence-electron chi connectivity index (χ3n) is 3.94. The summed E-state index contributed by atoms with van der Waals surface area (Å²) in [7, 11) is 0. The van der Waals surface area contributed by atoms with Gasteiger partial charge in [0.15, 0.2) is 0 Å². The SMILES string of the molecule is O=CCC1(c2cc(F)cc(Cl)c2)CCN(C(=O)O)CC1. The fourth-order valence-corrected chi connectivity index (χ4v) is 2.98. The lowest BCUT2D eigenvalue weighted by Crippen LogP contribution is -2.45. The molecule has 1 amide bonds. The van der Waals surface area contributed by atoms with E-state index in [0.29, 0.717) is 31.5 Å². The first-order valence-corrected chi connectivity index (χ1v) is 6.73. The van der Waals surface area contributed by atoms with Crippen LogP contribution in [0.1, 0.15) is 24.8 Å². The van der Waals surface area contributed by atoms with Gasteiger partial charge in [-0.2, -0.15) is 0 Å². The van der Waals surface area contributed by atoms with E-state index in [1.807, 2.05) is 0 Å². The van der Waals surface area contributed by atoms with E-state index < -0.39 is 17.3 Å². The summed E-state index contributed by atoms with van der Waals surface area (Å²) in [5.74, 6) is -0.446. The number of benzene rings is 1. The minimum atomic E-state index is -0.970. The van der Waals surface area contributed by atoms with Crippen LogP contribution in [-0.4, -0.2) is 35.5 Å². The molecule has 0 aliphatic carbocycles. The van der Waals surface area contributed by atoms with Gasteiger partial charge >= 0.3 is 6.09 Å². The molecule has 1 aliphatic rings. The minimum absolute atomic E-state index is 0.236. The summed E-state index contributed by atoms with van der Waals surface area (Å²) in [6.45, 7) is 0.661. The molecule has 4 nitrogen and oxygen atoms in total. The van der Waals surface area contributed by atoms with E-state index in [4.69, 9.17) is 16.7 Å². The highest BCUT2D eigenvalue weighted by Crippen LogP contribution is 2.39. The molecule has 1 aromatic rings. The Morgan fingerprint density at radius 1 is 1.40 bits per heavy atom. The number of carbonyl (C=O) groups excluding carboxylic acids is 1. The molecule has 1 aromatic carbocycles. The lowest BCUT2D eigenvalue weighted by atomic mass is 9.71. The first-order valence-electron chi connectivity index (χ1n) is 6.35. The number of carbonyl (C=O) groups is 2. The van der Waals surface area contributed by atoms with Gasteiger partial charge in [0.05, 0.1) is 0 Å². The predicted octanol–water partition coefficient (Wildman–Crippen LogP) is 3.08. The van der Waals surface area contributed by atoms with Crippen molar-refractivity contribution in [3.05, 3.63) is 34.6 Å². The van der Waals surface area contributed by atoms with E-state index in [1.54, 1.807) is 6.07 Å². The molecule has 1 N–H and O–H groups in total. The van der Waals surface area contributed by atoms with Crippen molar-refractivity contribution in [2.24, 2.45) is 0 Å². The zero-order valence-electron chi connectivity index (χ0n) is 10.8. The van der Waals surface area contributed by atoms with Crippen LogP contribution in [0.15, 0.2) is 18.2 Å². The molecular weight excluding hydrogens is 285 g/mol. The Morgan fingerprint density at radius 3 is 2.55 bits per heavy atom. The Morgan fingerprint density at radius 2 is 2.05 bits per heavy atom. The van der Waals surface area contributed by atoms with Crippen LogP contribution in [0.25, 0.3) is 0 Å². The van der Waals surface area contributed by atoms with Crippen molar-refractivity contribution in [3.8, 4) is 0 Å². The van der Waals surface area contributed by atoms with Crippen molar-refractivity contribution in [1.82, 2.24) is 4.90 Å². The summed E-state index contributed by atoms with van der Waals surface area (Å²) < 4.78 is 13.5. The molecule has 0 spiro atoms. The average molecular weight is 300 g/mol. The van der Waals surface area contributed by atoms with Gasteiger partial charge in [-0.15, -0.1) is 0 Å². The predicted molar refractivity (Wildman–Crippen MR) is 72.6 cm³/mol. The molecule has 6 heteroatoms. The van der Waals surface area contributed by atoms with E-state index in [1.165, 1.54) is 17.0 Å². The van der Waals surface area contributed by atoms with Crippen molar-refractivity contribution in [1.29, 1.82) is 0 Å². The number of hydrogen-bond acceptors (Lipinski definition) is 2. The van der Waals surface area contributed by atoms with Gasteiger partial charge in [0.2, 0.25) is 0 Å². The fraction of sp³-hybridized carbons (Fsp3) is 0.429. The van der Waals surface area contributed by atoms with E-state index in [9.17, 15) is 14.0 Å². The van der Waals surface area contributed by atoms with Crippen molar-refractivity contribution in [2.45, 2.75) is 24.7 Å². The van der Waals surface area contributed by atoms with Gasteiger partial charge < -0.3 is 14.8 Å². The average Bonchev–Trinajstić information content (AvgIpc) is 2.38. The van der Waals surface area contributed by atoms with Crippen molar-refractivity contribution in [3.63, 3.8) is 0 Å². The lowest BCUT2D eigenvalue weighted by molar-refractivity contribution is -0.109. The summed E-state index contributed by atoms with van der Waals surface area (Å²) >= 11 is 5.88. The van der Waals surface area contributed by atoms with Crippen LogP contribution in [-0.2, 0) is 10.2 Å². The largest absolute Gasteiger partial charge is 0.465 e. The molecule has 1 aliphatic heterocycles. The van der Waals surface area contributed by atoms with Crippen LogP contribution < -0.4 is 0 Å². The monoisotopic (exact) mass is 299 g/mol. The molecule has 0 unspecified atom stereocenters. The topological polar surface area (TPSA) is 57.6 Å². The van der Waals surface area contributed by atoms with Crippen LogP contribution in [0.4, 0.5) is 9.18 Å². The summed E-state index contributed by atoms with van der Waals surface area (Å²) in [4.78, 5) is 23.2. The molecule has 20 heavy (non-hydrogen) atoms. The van der Waals surface area contributed by atoms with E-state index in [-0.39, 0.29) is 11.4 Å². The normalized spacial score (nSPS) is 17.8. The molecule has 0 atom stereocenters. The second-order valence-corrected chi connectivity index (χ2v) is 5.52. The molecule has 1 fully saturated rings. The minimum Gasteiger partial charge on any atom is -0.465 e. The number of nitrogens with zero attached hydrogens (tertiary/aromatic N) is 1. The molecule has 108 valence electrons. The van der Waals surface area contributed by atoms with Gasteiger partial charge in [0.1, 0.15) is 12.1 Å². The Kier molecular flexibility index (Phi) is 4.28. The Bertz CT molecular complexity index is 507. The highest BCUT2D eigenvalue weighted by atomic mass is 35.5. The molecule has 1 saturated heterocycles. The number of likely N-dealkylation sites (tertiary alicyclic amines) is 1. The van der Waals surface area contributed by atoms with E-state index in [0.717, 1.165) is 6.29 Å². The maximum absolute atomic E-state index is 13.5. The second kappa shape index (κ2) is 5.79. The summed E-state index contributed by atoms with van der Waals surface area (Å²) in [6, 6.07) is 4.25. The van der Waals surface area contributed by atoms with Gasteiger partial charge in [-0.3, -0.25) is 0 Å². The number of piperidine rings is 1. The number of rotatable bonds is 3. The highest BCUT2D eigenvalue weighted by molar-refractivity contribution is 6.30. The van der Waals surface area contributed by atoms with Gasteiger partial charge in [0, 0.05) is 29.9 Å². The quantitative estimate of drug-likeness (QED) is 0.873. The molecular formula is C14H15ClFNO3. The molecule has 1 heterocycles. The molecule has 2 rings (SSSR count). The highest BCUT2D eigenvalue weighted by Gasteiger charge is 2.37. The Labute approximate surface area is 121 Å². The zero-order chi connectivity index (χ0) is 14.8. The van der Waals surface area contributed by atoms with Crippen molar-refractivity contribution < 1.29 is 19.1 Å². The smallest absolute Gasteiger partial charge is 0.407 e. The third kappa shape index (κ3) is 2.93. The standard InChI is InChI=1S/C14H15ClFNO3/c15-11-7-10(8-12(16)9-11)14(3-6-18)1-4-17(5-2-14)13(19)20/h6-9H,1-5H2,(H,19,20). The van der Waals surface area contributed by atoms with Gasteiger partial charge in [-0.25, -0.2) is 9.18 Å². The first kappa shape index (κ1) is 14.8. The third-order valence-corrected chi connectivity index (χ3v) is 4.16. The van der Waals surface area contributed by atoms with Crippen molar-refractivity contribution >= 4 is 24.0 Å². The number of hydrogen-bond donors (Lipinski definition) is 1. The summed E-state index contributed by atoms with van der Waals surface area (Å²) in [6.07, 6.45) is 1.03. The van der Waals surface area contributed by atoms with Crippen LogP contribution in [0, 0.1) is 5.82 Å². The number of aldehydes is 1. The number of halogens is 2. The van der Waals surface area contributed by atoms with E-state index in [2.05, 4.69) is 0 Å². The summed E-state index contributed by atoms with van der Waals surface area (Å²) in [5.41, 5.74) is 0.138. The first-order chi connectivity index (χ1) is 9.47. The van der Waals surface area contributed by atoms with Crippen LogP contribution in [0.2, 0.25) is 5.02 Å². The molecule has 0 bridgehead atoms. The maximum Gasteiger partial charge on any atom is 0.407 e. The maximum atomic E-state index is 13.5. The fourth-order valence-electron chi connectivity index (χ4n) is 2.76. The molecule has 0 saturated carbocycles. The lowest BCUT2D eigenvalue weighted by Gasteiger charge is -2.40. The van der Waals surface area contributed by atoms with Crippen LogP contribution >= 0.6 is 11.6 Å². The van der Waals surface area contributed by atoms with Gasteiger partial charge in [-0.05, 0) is 36.6 Å². The van der Waals surface area contributed by atoms with Crippen LogP contribution in [0.3, 0.4) is 0 Å². The van der Waals surface area contributed by atoms with Crippen molar-refractivity contribution in [2.75, 3.05) is 13.1 Å².